The fourth-order valence-corrected chi connectivity index (χ4v) is 3.09. The third-order valence-electron chi connectivity index (χ3n) is 4.84. The largest absolute Gasteiger partial charge is 0.460 e. The van der Waals surface area contributed by atoms with Gasteiger partial charge in [-0.3, -0.25) is 9.59 Å². The first kappa shape index (κ1) is 33.2. The Labute approximate surface area is 222 Å². The normalized spacial score (nSPS) is 13.7. The Balaban J connectivity index is 2.28. The molecule has 0 bridgehead atoms. The summed E-state index contributed by atoms with van der Waals surface area (Å²) in [6.45, 7) is 0. The molecule has 0 atom stereocenters. The maximum Gasteiger partial charge on any atom is 0.460 e. The SMILES string of the molecule is O=C(Nc1ccc(-c2ccc(NC(=O)C(F)(F)C(F)(F)C(F)(F)F)c(Cl)c2)cc1Cl)C(F)(F)C(F)(F)C(F)(F)F. The molecule has 0 saturated heterocycles. The van der Waals surface area contributed by atoms with Crippen molar-refractivity contribution in [2.45, 2.75) is 36.0 Å². The molecule has 0 aliphatic heterocycles. The van der Waals surface area contributed by atoms with Crippen molar-refractivity contribution in [3.63, 3.8) is 0 Å². The van der Waals surface area contributed by atoms with E-state index in [9.17, 15) is 71.1 Å². The molecule has 0 aliphatic carbocycles. The maximum absolute atomic E-state index is 13.5. The topological polar surface area (TPSA) is 58.2 Å². The smallest absolute Gasteiger partial charge is 0.319 e. The number of amides is 2. The van der Waals surface area contributed by atoms with Crippen LogP contribution < -0.4 is 10.6 Å². The van der Waals surface area contributed by atoms with Crippen LogP contribution in [0.3, 0.4) is 0 Å². The molecular weight excluding hydrogens is 637 g/mol. The second-order valence-corrected chi connectivity index (χ2v) is 8.40. The molecule has 0 saturated carbocycles. The number of alkyl halides is 14. The zero-order valence-corrected chi connectivity index (χ0v) is 19.8. The van der Waals surface area contributed by atoms with E-state index in [0.717, 1.165) is 34.9 Å². The van der Waals surface area contributed by atoms with Crippen LogP contribution in [0.15, 0.2) is 36.4 Å². The van der Waals surface area contributed by atoms with Gasteiger partial charge in [0.25, 0.3) is 0 Å². The number of anilines is 2. The van der Waals surface area contributed by atoms with Gasteiger partial charge in [-0.25, -0.2) is 0 Å². The lowest BCUT2D eigenvalue weighted by molar-refractivity contribution is -0.343. The quantitative estimate of drug-likeness (QED) is 0.299. The highest BCUT2D eigenvalue weighted by Crippen LogP contribution is 2.48. The van der Waals surface area contributed by atoms with Crippen molar-refractivity contribution in [3.05, 3.63) is 46.4 Å². The molecule has 0 unspecified atom stereocenters. The Kier molecular flexibility index (Phi) is 8.65. The lowest BCUT2D eigenvalue weighted by Gasteiger charge is -2.27. The van der Waals surface area contributed by atoms with Crippen molar-refractivity contribution in [1.82, 2.24) is 0 Å². The van der Waals surface area contributed by atoms with Gasteiger partial charge in [0.1, 0.15) is 0 Å². The van der Waals surface area contributed by atoms with E-state index < -0.39 is 69.3 Å². The van der Waals surface area contributed by atoms with Gasteiger partial charge in [0, 0.05) is 0 Å². The minimum Gasteiger partial charge on any atom is -0.319 e. The summed E-state index contributed by atoms with van der Waals surface area (Å²) < 4.78 is 180. The number of hydrogen-bond donors (Lipinski definition) is 2. The fraction of sp³-hybridized carbons (Fsp3) is 0.300. The van der Waals surface area contributed by atoms with E-state index in [0.29, 0.717) is 12.1 Å². The lowest BCUT2D eigenvalue weighted by Crippen LogP contribution is -2.57. The molecule has 0 spiro atoms. The van der Waals surface area contributed by atoms with Crippen LogP contribution in [0.1, 0.15) is 0 Å². The Morgan fingerprint density at radius 3 is 1.02 bits per heavy atom. The minimum absolute atomic E-state index is 0.0795. The summed E-state index contributed by atoms with van der Waals surface area (Å²) in [4.78, 5) is 23.0. The Bertz CT molecular complexity index is 1210. The molecular formula is C20H8Cl2F14N2O2. The molecule has 2 aromatic carbocycles. The van der Waals surface area contributed by atoms with Gasteiger partial charge in [-0.2, -0.15) is 61.5 Å². The molecule has 40 heavy (non-hydrogen) atoms. The van der Waals surface area contributed by atoms with Crippen molar-refractivity contribution >= 4 is 46.4 Å². The van der Waals surface area contributed by atoms with Crippen LogP contribution in [0.5, 0.6) is 0 Å². The van der Waals surface area contributed by atoms with Crippen LogP contribution in [-0.2, 0) is 9.59 Å². The third-order valence-corrected chi connectivity index (χ3v) is 5.46. The van der Waals surface area contributed by atoms with Crippen LogP contribution >= 0.6 is 23.2 Å². The number of rotatable bonds is 7. The van der Waals surface area contributed by atoms with Gasteiger partial charge in [-0.15, -0.1) is 0 Å². The molecule has 0 aliphatic rings. The molecule has 2 aromatic rings. The van der Waals surface area contributed by atoms with E-state index in [4.69, 9.17) is 23.2 Å². The Morgan fingerprint density at radius 1 is 0.525 bits per heavy atom. The number of carbonyl (C=O) groups is 2. The third kappa shape index (κ3) is 5.87. The predicted molar refractivity (Wildman–Crippen MR) is 111 cm³/mol. The molecule has 222 valence electrons. The maximum atomic E-state index is 13.5. The highest BCUT2D eigenvalue weighted by molar-refractivity contribution is 6.35. The molecule has 0 fully saturated rings. The van der Waals surface area contributed by atoms with Crippen LogP contribution in [0.25, 0.3) is 11.1 Å². The van der Waals surface area contributed by atoms with Crippen molar-refractivity contribution in [1.29, 1.82) is 0 Å². The average molecular weight is 645 g/mol. The number of hydrogen-bond acceptors (Lipinski definition) is 2. The van der Waals surface area contributed by atoms with E-state index in [1.165, 1.54) is 0 Å². The van der Waals surface area contributed by atoms with Crippen molar-refractivity contribution in [3.8, 4) is 11.1 Å². The van der Waals surface area contributed by atoms with Gasteiger partial charge in [0.05, 0.1) is 21.4 Å². The predicted octanol–water partition coefficient (Wildman–Crippen LogP) is 8.20. The van der Waals surface area contributed by atoms with E-state index in [1.54, 1.807) is 0 Å². The van der Waals surface area contributed by atoms with Crippen LogP contribution in [0.2, 0.25) is 10.0 Å². The molecule has 2 N–H and O–H groups in total. The fourth-order valence-electron chi connectivity index (χ4n) is 2.63. The summed E-state index contributed by atoms with van der Waals surface area (Å²) >= 11 is 11.5. The summed E-state index contributed by atoms with van der Waals surface area (Å²) in [5, 5.41) is 0.781. The lowest BCUT2D eigenvalue weighted by atomic mass is 10.0. The van der Waals surface area contributed by atoms with Gasteiger partial charge in [0.15, 0.2) is 0 Å². The van der Waals surface area contributed by atoms with Gasteiger partial charge in [0.2, 0.25) is 0 Å². The van der Waals surface area contributed by atoms with Gasteiger partial charge >= 0.3 is 47.9 Å². The van der Waals surface area contributed by atoms with E-state index >= 15 is 0 Å². The van der Waals surface area contributed by atoms with E-state index in [1.807, 2.05) is 0 Å². The van der Waals surface area contributed by atoms with Crippen LogP contribution in [-0.4, -0.2) is 47.9 Å². The highest BCUT2D eigenvalue weighted by Gasteiger charge is 2.77. The summed E-state index contributed by atoms with van der Waals surface area (Å²) in [5.74, 6) is -32.2. The average Bonchev–Trinajstić information content (AvgIpc) is 2.79. The number of nitrogens with one attached hydrogen (secondary N) is 2. The first-order valence-corrected chi connectivity index (χ1v) is 10.4. The molecule has 20 heteroatoms. The van der Waals surface area contributed by atoms with Gasteiger partial charge < -0.3 is 10.6 Å². The molecule has 2 amide bonds. The van der Waals surface area contributed by atoms with Crippen LogP contribution in [0, 0.1) is 0 Å². The zero-order valence-electron chi connectivity index (χ0n) is 18.3. The summed E-state index contributed by atoms with van der Waals surface area (Å²) in [6.07, 6.45) is -13.6. The minimum atomic E-state index is -6.79. The van der Waals surface area contributed by atoms with Crippen LogP contribution in [0.4, 0.5) is 72.8 Å². The molecule has 4 nitrogen and oxygen atoms in total. The summed E-state index contributed by atoms with van der Waals surface area (Å²) in [5.41, 5.74) is -1.89. The molecule has 0 aromatic heterocycles. The number of carbonyl (C=O) groups excluding carboxylic acids is 2. The summed E-state index contributed by atoms with van der Waals surface area (Å²) in [6, 6.07) is 4.78. The first-order valence-electron chi connectivity index (χ1n) is 9.66. The molecule has 0 radical (unpaired) electrons. The number of halogens is 16. The van der Waals surface area contributed by atoms with Crippen molar-refractivity contribution < 1.29 is 71.1 Å². The second-order valence-electron chi connectivity index (χ2n) is 7.59. The Hall–Kier alpha value is -3.02. The Morgan fingerprint density at radius 2 is 0.800 bits per heavy atom. The standard InChI is InChI=1S/C20H8Cl2F14N2O2/c21-9-5-7(1-3-11(9)37-13(39)15(23,24)17(27,28)19(31,32)33)8-2-4-12(10(22)6-8)38-14(40)16(25,26)18(29,30)20(34,35)36/h1-6H,(H,37,39)(H,38,40). The van der Waals surface area contributed by atoms with Gasteiger partial charge in [-0.1, -0.05) is 35.3 Å². The van der Waals surface area contributed by atoms with Crippen molar-refractivity contribution in [2.24, 2.45) is 0 Å². The van der Waals surface area contributed by atoms with E-state index in [2.05, 4.69) is 0 Å². The first-order chi connectivity index (χ1) is 17.8. The highest BCUT2D eigenvalue weighted by atomic mass is 35.5. The van der Waals surface area contributed by atoms with E-state index in [-0.39, 0.29) is 11.1 Å². The molecule has 2 rings (SSSR count). The molecule has 0 heterocycles. The summed E-state index contributed by atoms with van der Waals surface area (Å²) in [7, 11) is 0. The van der Waals surface area contributed by atoms with Crippen molar-refractivity contribution in [2.75, 3.05) is 10.6 Å². The zero-order chi connectivity index (χ0) is 31.3. The monoisotopic (exact) mass is 644 g/mol. The number of benzene rings is 2. The second kappa shape index (κ2) is 10.4. The van der Waals surface area contributed by atoms with Gasteiger partial charge in [-0.05, 0) is 35.4 Å².